The first-order valence-electron chi connectivity index (χ1n) is 8.04. The molecule has 19 heavy (non-hydrogen) atoms. The number of allylic oxidation sites excluding steroid dienone is 1. The van der Waals surface area contributed by atoms with Gasteiger partial charge < -0.3 is 0 Å². The van der Waals surface area contributed by atoms with Crippen molar-refractivity contribution in [2.45, 2.75) is 71.6 Å². The topological polar surface area (TPSA) is 0 Å². The van der Waals surface area contributed by atoms with E-state index in [-0.39, 0.29) is 0 Å². The Morgan fingerprint density at radius 2 is 1.47 bits per heavy atom. The summed E-state index contributed by atoms with van der Waals surface area (Å²) in [5, 5.41) is 0. The quantitative estimate of drug-likeness (QED) is 0.363. The number of hydrogen-bond donors (Lipinski definition) is 0. The summed E-state index contributed by atoms with van der Waals surface area (Å²) in [6, 6.07) is 6.94. The number of hydrogen-bond acceptors (Lipinski definition) is 0. The summed E-state index contributed by atoms with van der Waals surface area (Å²) in [5.41, 5.74) is 4.84. The Kier molecular flexibility index (Phi) is 8.29. The lowest BCUT2D eigenvalue weighted by Crippen LogP contribution is -2.01. The fourth-order valence-electron chi connectivity index (χ4n) is 2.64. The standard InChI is InChI=1S/C19H30/c1-4-7-10-13-18-15-11-14-17(12-8-5-2)19(18)16-9-6-3/h4,11,14-15H,1,5-10,12-13,16H2,2-3H3. The van der Waals surface area contributed by atoms with Crippen LogP contribution in [0.4, 0.5) is 0 Å². The Morgan fingerprint density at radius 3 is 2.05 bits per heavy atom. The summed E-state index contributed by atoms with van der Waals surface area (Å²) < 4.78 is 0. The van der Waals surface area contributed by atoms with Crippen LogP contribution in [0.3, 0.4) is 0 Å². The molecular weight excluding hydrogens is 228 g/mol. The molecule has 0 spiro atoms. The number of rotatable bonds is 10. The van der Waals surface area contributed by atoms with Crippen LogP contribution in [0.2, 0.25) is 0 Å². The van der Waals surface area contributed by atoms with E-state index < -0.39 is 0 Å². The van der Waals surface area contributed by atoms with Crippen molar-refractivity contribution in [3.63, 3.8) is 0 Å². The van der Waals surface area contributed by atoms with Gasteiger partial charge in [0.2, 0.25) is 0 Å². The molecule has 0 radical (unpaired) electrons. The molecule has 0 heteroatoms. The van der Waals surface area contributed by atoms with E-state index in [0.717, 1.165) is 6.42 Å². The van der Waals surface area contributed by atoms with Crippen molar-refractivity contribution in [1.82, 2.24) is 0 Å². The zero-order valence-electron chi connectivity index (χ0n) is 12.9. The second kappa shape index (κ2) is 9.83. The van der Waals surface area contributed by atoms with Crippen LogP contribution in [0, 0.1) is 0 Å². The van der Waals surface area contributed by atoms with Crippen LogP contribution in [-0.4, -0.2) is 0 Å². The summed E-state index contributed by atoms with van der Waals surface area (Å²) >= 11 is 0. The smallest absolute Gasteiger partial charge is 0.0273 e. The molecular formula is C19H30. The number of unbranched alkanes of at least 4 members (excludes halogenated alkanes) is 3. The van der Waals surface area contributed by atoms with Gasteiger partial charge in [-0.3, -0.25) is 0 Å². The molecule has 0 atom stereocenters. The minimum absolute atomic E-state index is 1.13. The van der Waals surface area contributed by atoms with Gasteiger partial charge in [-0.15, -0.1) is 6.58 Å². The highest BCUT2D eigenvalue weighted by molar-refractivity contribution is 5.36. The van der Waals surface area contributed by atoms with Crippen LogP contribution in [-0.2, 0) is 19.3 Å². The van der Waals surface area contributed by atoms with Crippen molar-refractivity contribution in [2.75, 3.05) is 0 Å². The summed E-state index contributed by atoms with van der Waals surface area (Å²) in [5.74, 6) is 0. The third-order valence-electron chi connectivity index (χ3n) is 3.80. The van der Waals surface area contributed by atoms with Crippen molar-refractivity contribution in [3.8, 4) is 0 Å². The molecule has 1 aromatic carbocycles. The van der Waals surface area contributed by atoms with E-state index in [1.54, 1.807) is 16.7 Å². The van der Waals surface area contributed by atoms with Crippen molar-refractivity contribution >= 4 is 0 Å². The van der Waals surface area contributed by atoms with Gasteiger partial charge >= 0.3 is 0 Å². The highest BCUT2D eigenvalue weighted by Crippen LogP contribution is 2.21. The molecule has 0 aliphatic rings. The fraction of sp³-hybridized carbons (Fsp3) is 0.579. The molecule has 106 valence electrons. The van der Waals surface area contributed by atoms with E-state index in [0.29, 0.717) is 0 Å². The maximum Gasteiger partial charge on any atom is -0.0273 e. The van der Waals surface area contributed by atoms with Gasteiger partial charge in [0.15, 0.2) is 0 Å². The molecule has 1 aromatic rings. The Balaban J connectivity index is 2.82. The molecule has 0 heterocycles. The molecule has 0 amide bonds. The van der Waals surface area contributed by atoms with Crippen LogP contribution < -0.4 is 0 Å². The number of benzene rings is 1. The van der Waals surface area contributed by atoms with Gasteiger partial charge in [-0.05, 0) is 61.6 Å². The van der Waals surface area contributed by atoms with Crippen LogP contribution in [0.5, 0.6) is 0 Å². The summed E-state index contributed by atoms with van der Waals surface area (Å²) in [6.07, 6.45) is 13.3. The Bertz CT molecular complexity index is 362. The molecule has 0 aliphatic heterocycles. The van der Waals surface area contributed by atoms with Gasteiger partial charge in [-0.2, -0.15) is 0 Å². The lowest BCUT2D eigenvalue weighted by atomic mass is 9.91. The zero-order chi connectivity index (χ0) is 13.9. The molecule has 0 saturated heterocycles. The largest absolute Gasteiger partial charge is 0.103 e. The highest BCUT2D eigenvalue weighted by Gasteiger charge is 2.07. The van der Waals surface area contributed by atoms with Gasteiger partial charge in [-0.1, -0.05) is 51.0 Å². The van der Waals surface area contributed by atoms with Crippen molar-refractivity contribution in [3.05, 3.63) is 47.5 Å². The fourth-order valence-corrected chi connectivity index (χ4v) is 2.64. The van der Waals surface area contributed by atoms with E-state index in [1.165, 1.54) is 51.4 Å². The minimum atomic E-state index is 1.13. The highest BCUT2D eigenvalue weighted by atomic mass is 14.1. The second-order valence-corrected chi connectivity index (χ2v) is 5.44. The van der Waals surface area contributed by atoms with Crippen molar-refractivity contribution < 1.29 is 0 Å². The third-order valence-corrected chi connectivity index (χ3v) is 3.80. The summed E-state index contributed by atoms with van der Waals surface area (Å²) in [7, 11) is 0. The van der Waals surface area contributed by atoms with E-state index in [1.807, 2.05) is 6.08 Å². The molecule has 1 rings (SSSR count). The molecule has 0 unspecified atom stereocenters. The second-order valence-electron chi connectivity index (χ2n) is 5.44. The van der Waals surface area contributed by atoms with Crippen molar-refractivity contribution in [1.29, 1.82) is 0 Å². The SMILES string of the molecule is C=CCCCc1cccc(CCCC)c1CCCC. The average Bonchev–Trinajstić information content (AvgIpc) is 2.44. The summed E-state index contributed by atoms with van der Waals surface area (Å²) in [4.78, 5) is 0. The first-order valence-corrected chi connectivity index (χ1v) is 8.04. The molecule has 0 nitrogen and oxygen atoms in total. The van der Waals surface area contributed by atoms with Crippen molar-refractivity contribution in [2.24, 2.45) is 0 Å². The predicted octanol–water partition coefficient (Wildman–Crippen LogP) is 5.88. The van der Waals surface area contributed by atoms with E-state index in [2.05, 4.69) is 38.6 Å². The molecule has 0 aromatic heterocycles. The third kappa shape index (κ3) is 5.63. The zero-order valence-corrected chi connectivity index (χ0v) is 12.9. The first kappa shape index (κ1) is 16.0. The minimum Gasteiger partial charge on any atom is -0.103 e. The predicted molar refractivity (Wildman–Crippen MR) is 86.8 cm³/mol. The Labute approximate surface area is 119 Å². The van der Waals surface area contributed by atoms with E-state index in [9.17, 15) is 0 Å². The lowest BCUT2D eigenvalue weighted by Gasteiger charge is -2.14. The van der Waals surface area contributed by atoms with Gasteiger partial charge in [0.1, 0.15) is 0 Å². The molecule has 0 aliphatic carbocycles. The van der Waals surface area contributed by atoms with E-state index >= 15 is 0 Å². The average molecular weight is 258 g/mol. The lowest BCUT2D eigenvalue weighted by molar-refractivity contribution is 0.742. The van der Waals surface area contributed by atoms with Crippen LogP contribution in [0.25, 0.3) is 0 Å². The molecule has 0 saturated carbocycles. The molecule has 0 N–H and O–H groups in total. The van der Waals surface area contributed by atoms with Gasteiger partial charge in [0, 0.05) is 0 Å². The van der Waals surface area contributed by atoms with E-state index in [4.69, 9.17) is 0 Å². The monoisotopic (exact) mass is 258 g/mol. The Hall–Kier alpha value is -1.04. The normalized spacial score (nSPS) is 10.6. The van der Waals surface area contributed by atoms with Gasteiger partial charge in [0.25, 0.3) is 0 Å². The molecule has 0 fully saturated rings. The molecule has 0 bridgehead atoms. The summed E-state index contributed by atoms with van der Waals surface area (Å²) in [6.45, 7) is 8.38. The van der Waals surface area contributed by atoms with Gasteiger partial charge in [0.05, 0.1) is 0 Å². The maximum atomic E-state index is 3.82. The van der Waals surface area contributed by atoms with Crippen LogP contribution in [0.1, 0.15) is 69.1 Å². The van der Waals surface area contributed by atoms with Crippen LogP contribution in [0.15, 0.2) is 30.9 Å². The van der Waals surface area contributed by atoms with Crippen LogP contribution >= 0.6 is 0 Å². The first-order chi connectivity index (χ1) is 9.33. The van der Waals surface area contributed by atoms with Gasteiger partial charge in [-0.25, -0.2) is 0 Å². The maximum absolute atomic E-state index is 3.82. The number of aryl methyl sites for hydroxylation is 2. The Morgan fingerprint density at radius 1 is 0.895 bits per heavy atom.